The summed E-state index contributed by atoms with van der Waals surface area (Å²) in [6.07, 6.45) is 0. The highest BCUT2D eigenvalue weighted by atomic mass is 16.5. The molecule has 1 atom stereocenters. The van der Waals surface area contributed by atoms with Crippen LogP contribution < -0.4 is 10.6 Å². The van der Waals surface area contributed by atoms with Crippen LogP contribution in [0.15, 0.2) is 18.2 Å². The van der Waals surface area contributed by atoms with E-state index in [0.29, 0.717) is 17.6 Å². The van der Waals surface area contributed by atoms with Crippen molar-refractivity contribution in [3.8, 4) is 0 Å². The van der Waals surface area contributed by atoms with Crippen molar-refractivity contribution in [3.05, 3.63) is 35.2 Å². The number of fused-ring (bicyclic) bond motifs is 1. The Morgan fingerprint density at radius 1 is 1.12 bits per heavy atom. The SMILES string of the molecule is CCNC(=O)[C@@H](C)NC(=O)COC(=O)c1ccc2nc(C)c(C)nc2c1. The van der Waals surface area contributed by atoms with Crippen LogP contribution in [0.2, 0.25) is 0 Å². The highest BCUT2D eigenvalue weighted by Crippen LogP contribution is 2.15. The molecular formula is C18H22N4O4. The quantitative estimate of drug-likeness (QED) is 0.747. The standard InChI is InChI=1S/C18H22N4O4/c1-5-19-17(24)12(4)22-16(23)9-26-18(25)13-6-7-14-15(8-13)21-11(3)10(2)20-14/h6-8,12H,5,9H2,1-4H3,(H,19,24)(H,22,23)/t12-/m1/s1. The van der Waals surface area contributed by atoms with Crippen LogP contribution in [-0.2, 0) is 14.3 Å². The van der Waals surface area contributed by atoms with Gasteiger partial charge in [0, 0.05) is 6.54 Å². The third kappa shape index (κ3) is 4.75. The normalized spacial score (nSPS) is 11.7. The van der Waals surface area contributed by atoms with E-state index in [9.17, 15) is 14.4 Å². The predicted octanol–water partition coefficient (Wildman–Crippen LogP) is 1.04. The van der Waals surface area contributed by atoms with Crippen molar-refractivity contribution in [1.29, 1.82) is 0 Å². The van der Waals surface area contributed by atoms with Gasteiger partial charge in [-0.3, -0.25) is 9.59 Å². The number of aromatic nitrogens is 2. The van der Waals surface area contributed by atoms with Crippen LogP contribution in [-0.4, -0.2) is 46.9 Å². The monoisotopic (exact) mass is 358 g/mol. The number of nitrogens with one attached hydrogen (secondary N) is 2. The number of carbonyl (C=O) groups is 3. The lowest BCUT2D eigenvalue weighted by Crippen LogP contribution is -2.46. The first kappa shape index (κ1) is 19.3. The molecule has 0 unspecified atom stereocenters. The highest BCUT2D eigenvalue weighted by Gasteiger charge is 2.17. The minimum atomic E-state index is -0.705. The lowest BCUT2D eigenvalue weighted by Gasteiger charge is -2.13. The summed E-state index contributed by atoms with van der Waals surface area (Å²) in [7, 11) is 0. The molecule has 2 aromatic rings. The molecule has 0 saturated carbocycles. The van der Waals surface area contributed by atoms with Gasteiger partial charge in [-0.05, 0) is 45.9 Å². The Balaban J connectivity index is 1.97. The van der Waals surface area contributed by atoms with Gasteiger partial charge in [0.15, 0.2) is 6.61 Å². The number of amides is 2. The summed E-state index contributed by atoms with van der Waals surface area (Å²) in [5, 5.41) is 5.06. The molecule has 0 saturated heterocycles. The predicted molar refractivity (Wildman–Crippen MR) is 95.6 cm³/mol. The molecule has 1 aromatic heterocycles. The van der Waals surface area contributed by atoms with Crippen LogP contribution >= 0.6 is 0 Å². The summed E-state index contributed by atoms with van der Waals surface area (Å²) in [6, 6.07) is 4.13. The van der Waals surface area contributed by atoms with E-state index in [1.807, 2.05) is 13.8 Å². The first-order chi connectivity index (χ1) is 12.3. The maximum atomic E-state index is 12.1. The second kappa shape index (κ2) is 8.37. The van der Waals surface area contributed by atoms with Gasteiger partial charge in [-0.25, -0.2) is 14.8 Å². The number of hydrogen-bond acceptors (Lipinski definition) is 6. The molecule has 26 heavy (non-hydrogen) atoms. The molecule has 8 nitrogen and oxygen atoms in total. The molecule has 1 heterocycles. The van der Waals surface area contributed by atoms with Crippen LogP contribution in [0.4, 0.5) is 0 Å². The van der Waals surface area contributed by atoms with E-state index in [4.69, 9.17) is 4.74 Å². The average Bonchev–Trinajstić information content (AvgIpc) is 2.60. The molecule has 2 amide bonds. The Kier molecular flexibility index (Phi) is 6.21. The van der Waals surface area contributed by atoms with Crippen molar-refractivity contribution >= 4 is 28.8 Å². The van der Waals surface area contributed by atoms with Gasteiger partial charge in [-0.1, -0.05) is 0 Å². The molecule has 2 N–H and O–H groups in total. The van der Waals surface area contributed by atoms with Crippen molar-refractivity contribution in [2.75, 3.05) is 13.2 Å². The summed E-state index contributed by atoms with van der Waals surface area (Å²) in [4.78, 5) is 44.3. The fourth-order valence-corrected chi connectivity index (χ4v) is 2.25. The van der Waals surface area contributed by atoms with Crippen LogP contribution in [0.1, 0.15) is 35.6 Å². The molecule has 0 bridgehead atoms. The summed E-state index contributed by atoms with van der Waals surface area (Å²) in [5.41, 5.74) is 3.14. The summed E-state index contributed by atoms with van der Waals surface area (Å²) in [6.45, 7) is 7.04. The number of nitrogens with zero attached hydrogens (tertiary/aromatic N) is 2. The Labute approximate surface area is 151 Å². The topological polar surface area (TPSA) is 110 Å². The summed E-state index contributed by atoms with van der Waals surface area (Å²) >= 11 is 0. The molecule has 0 aliphatic heterocycles. The third-order valence-electron chi connectivity index (χ3n) is 3.77. The van der Waals surface area contributed by atoms with E-state index in [2.05, 4.69) is 20.6 Å². The Morgan fingerprint density at radius 3 is 2.42 bits per heavy atom. The van der Waals surface area contributed by atoms with Gasteiger partial charge in [0.1, 0.15) is 6.04 Å². The second-order valence-corrected chi connectivity index (χ2v) is 5.86. The largest absolute Gasteiger partial charge is 0.452 e. The van der Waals surface area contributed by atoms with E-state index in [1.54, 1.807) is 32.0 Å². The zero-order valence-corrected chi connectivity index (χ0v) is 15.3. The summed E-state index contributed by atoms with van der Waals surface area (Å²) < 4.78 is 5.00. The van der Waals surface area contributed by atoms with Gasteiger partial charge in [-0.2, -0.15) is 0 Å². The minimum Gasteiger partial charge on any atom is -0.452 e. The molecule has 0 aliphatic rings. The average molecular weight is 358 g/mol. The smallest absolute Gasteiger partial charge is 0.338 e. The first-order valence-electron chi connectivity index (χ1n) is 8.31. The van der Waals surface area contributed by atoms with Crippen molar-refractivity contribution in [2.24, 2.45) is 0 Å². The molecule has 2 rings (SSSR count). The van der Waals surface area contributed by atoms with Crippen LogP contribution in [0.3, 0.4) is 0 Å². The minimum absolute atomic E-state index is 0.277. The number of esters is 1. The molecule has 1 aromatic carbocycles. The lowest BCUT2D eigenvalue weighted by atomic mass is 10.2. The highest BCUT2D eigenvalue weighted by molar-refractivity contribution is 5.95. The van der Waals surface area contributed by atoms with Gasteiger partial charge in [0.25, 0.3) is 5.91 Å². The fraction of sp³-hybridized carbons (Fsp3) is 0.389. The van der Waals surface area contributed by atoms with E-state index in [-0.39, 0.29) is 11.5 Å². The van der Waals surface area contributed by atoms with E-state index >= 15 is 0 Å². The number of carbonyl (C=O) groups excluding carboxylic acids is 3. The number of hydrogen-bond donors (Lipinski definition) is 2. The zero-order valence-electron chi connectivity index (χ0n) is 15.3. The van der Waals surface area contributed by atoms with Crippen LogP contribution in [0, 0.1) is 13.8 Å². The van der Waals surface area contributed by atoms with Gasteiger partial charge < -0.3 is 15.4 Å². The number of likely N-dealkylation sites (N-methyl/N-ethyl adjacent to an activating group) is 1. The first-order valence-corrected chi connectivity index (χ1v) is 8.31. The number of aryl methyl sites for hydroxylation is 2. The molecular weight excluding hydrogens is 336 g/mol. The van der Waals surface area contributed by atoms with E-state index in [0.717, 1.165) is 11.4 Å². The number of benzene rings is 1. The Hall–Kier alpha value is -3.03. The van der Waals surface area contributed by atoms with Crippen molar-refractivity contribution in [1.82, 2.24) is 20.6 Å². The van der Waals surface area contributed by atoms with Gasteiger partial charge in [-0.15, -0.1) is 0 Å². The van der Waals surface area contributed by atoms with E-state index in [1.165, 1.54) is 0 Å². The van der Waals surface area contributed by atoms with E-state index < -0.39 is 24.5 Å². The van der Waals surface area contributed by atoms with Crippen molar-refractivity contribution in [2.45, 2.75) is 33.7 Å². The Morgan fingerprint density at radius 2 is 1.77 bits per heavy atom. The van der Waals surface area contributed by atoms with Crippen LogP contribution in [0.5, 0.6) is 0 Å². The third-order valence-corrected chi connectivity index (χ3v) is 3.77. The van der Waals surface area contributed by atoms with Gasteiger partial charge in [0.2, 0.25) is 5.91 Å². The van der Waals surface area contributed by atoms with Crippen LogP contribution in [0.25, 0.3) is 11.0 Å². The molecule has 8 heteroatoms. The lowest BCUT2D eigenvalue weighted by molar-refractivity contribution is -0.130. The molecule has 0 aliphatic carbocycles. The summed E-state index contributed by atoms with van der Waals surface area (Å²) in [5.74, 6) is -1.50. The number of ether oxygens (including phenoxy) is 1. The molecule has 0 spiro atoms. The molecule has 138 valence electrons. The molecule has 0 fully saturated rings. The zero-order chi connectivity index (χ0) is 19.3. The Bertz CT molecular complexity index is 850. The number of rotatable bonds is 6. The maximum absolute atomic E-state index is 12.1. The van der Waals surface area contributed by atoms with Gasteiger partial charge >= 0.3 is 5.97 Å². The van der Waals surface area contributed by atoms with Crippen molar-refractivity contribution < 1.29 is 19.1 Å². The van der Waals surface area contributed by atoms with Gasteiger partial charge in [0.05, 0.1) is 28.0 Å². The van der Waals surface area contributed by atoms with Crippen molar-refractivity contribution in [3.63, 3.8) is 0 Å². The fourth-order valence-electron chi connectivity index (χ4n) is 2.25. The maximum Gasteiger partial charge on any atom is 0.338 e. The second-order valence-electron chi connectivity index (χ2n) is 5.86. The molecule has 0 radical (unpaired) electrons.